The monoisotopic (exact) mass is 235 g/mol. The van der Waals surface area contributed by atoms with E-state index in [-0.39, 0.29) is 19.2 Å². The van der Waals surface area contributed by atoms with Crippen LogP contribution in [0.2, 0.25) is 0 Å². The maximum Gasteiger partial charge on any atom is 0.423 e. The predicted octanol–water partition coefficient (Wildman–Crippen LogP) is 0.855. The number of hydrogen-bond acceptors (Lipinski definition) is 5. The number of nitrogens with zero attached hydrogens (tertiary/aromatic N) is 2. The summed E-state index contributed by atoms with van der Waals surface area (Å²) in [6.07, 6.45) is -4.36. The van der Waals surface area contributed by atoms with Gasteiger partial charge in [0.25, 0.3) is 0 Å². The first-order valence-corrected chi connectivity index (χ1v) is 4.41. The lowest BCUT2D eigenvalue weighted by Gasteiger charge is -2.27. The third-order valence-electron chi connectivity index (χ3n) is 1.96. The zero-order valence-electron chi connectivity index (χ0n) is 7.99. The maximum absolute atomic E-state index is 12.5. The summed E-state index contributed by atoms with van der Waals surface area (Å²) in [7, 11) is 0. The van der Waals surface area contributed by atoms with E-state index in [0.29, 0.717) is 6.20 Å². The highest BCUT2D eigenvalue weighted by Gasteiger charge is 2.37. The molecule has 88 valence electrons. The second-order valence-electron chi connectivity index (χ2n) is 3.22. The standard InChI is InChI=1S/C8H8F3N3O2/c9-8(10,11)5-1-13-7(12)14-6(5)16-4-2-15-3-4/h1,4H,2-3H2,(H2,12,13,14). The number of anilines is 1. The first-order valence-electron chi connectivity index (χ1n) is 4.41. The van der Waals surface area contributed by atoms with Crippen LogP contribution in [0, 0.1) is 0 Å². The summed E-state index contributed by atoms with van der Waals surface area (Å²) in [6.45, 7) is 0.502. The second-order valence-corrected chi connectivity index (χ2v) is 3.22. The van der Waals surface area contributed by atoms with Crippen LogP contribution >= 0.6 is 0 Å². The molecule has 0 spiro atoms. The molecule has 1 aromatic heterocycles. The number of rotatable bonds is 2. The smallest absolute Gasteiger partial charge is 0.423 e. The third-order valence-corrected chi connectivity index (χ3v) is 1.96. The van der Waals surface area contributed by atoms with Gasteiger partial charge in [-0.3, -0.25) is 0 Å². The summed E-state index contributed by atoms with van der Waals surface area (Å²) in [5.74, 6) is -0.809. The summed E-state index contributed by atoms with van der Waals surface area (Å²) in [4.78, 5) is 6.72. The van der Waals surface area contributed by atoms with Crippen molar-refractivity contribution in [3.63, 3.8) is 0 Å². The lowest BCUT2D eigenvalue weighted by atomic mass is 10.3. The van der Waals surface area contributed by atoms with Crippen molar-refractivity contribution in [2.45, 2.75) is 12.3 Å². The lowest BCUT2D eigenvalue weighted by molar-refractivity contribution is -0.142. The highest BCUT2D eigenvalue weighted by atomic mass is 19.4. The fourth-order valence-electron chi connectivity index (χ4n) is 1.10. The van der Waals surface area contributed by atoms with Crippen molar-refractivity contribution in [3.8, 4) is 5.88 Å². The Hall–Kier alpha value is -1.57. The molecule has 16 heavy (non-hydrogen) atoms. The molecular weight excluding hydrogens is 227 g/mol. The average Bonchev–Trinajstić information content (AvgIpc) is 2.09. The largest absolute Gasteiger partial charge is 0.469 e. The van der Waals surface area contributed by atoms with Gasteiger partial charge in [0, 0.05) is 6.20 Å². The molecule has 0 bridgehead atoms. The van der Waals surface area contributed by atoms with Gasteiger partial charge in [-0.2, -0.15) is 18.2 Å². The van der Waals surface area contributed by atoms with Gasteiger partial charge in [-0.05, 0) is 0 Å². The van der Waals surface area contributed by atoms with Crippen molar-refractivity contribution in [2.24, 2.45) is 0 Å². The predicted molar refractivity (Wildman–Crippen MR) is 46.7 cm³/mol. The van der Waals surface area contributed by atoms with E-state index in [4.69, 9.17) is 15.2 Å². The highest BCUT2D eigenvalue weighted by Crippen LogP contribution is 2.35. The Morgan fingerprint density at radius 2 is 2.12 bits per heavy atom. The summed E-state index contributed by atoms with van der Waals surface area (Å²) in [5.41, 5.74) is 4.17. The first kappa shape index (κ1) is 10.9. The summed E-state index contributed by atoms with van der Waals surface area (Å²) in [6, 6.07) is 0. The van der Waals surface area contributed by atoms with Gasteiger partial charge in [-0.15, -0.1) is 0 Å². The zero-order valence-corrected chi connectivity index (χ0v) is 7.99. The second kappa shape index (κ2) is 3.78. The number of ether oxygens (including phenoxy) is 2. The van der Waals surface area contributed by atoms with E-state index < -0.39 is 23.7 Å². The van der Waals surface area contributed by atoms with Crippen LogP contribution in [-0.4, -0.2) is 29.3 Å². The molecular formula is C8H8F3N3O2. The van der Waals surface area contributed by atoms with E-state index in [1.165, 1.54) is 0 Å². The lowest BCUT2D eigenvalue weighted by Crippen LogP contribution is -2.39. The topological polar surface area (TPSA) is 70.3 Å². The normalized spacial score (nSPS) is 16.9. The molecule has 0 aromatic carbocycles. The molecule has 0 atom stereocenters. The molecule has 0 amide bonds. The molecule has 8 heteroatoms. The molecule has 1 fully saturated rings. The Labute approximate surface area is 88.4 Å². The van der Waals surface area contributed by atoms with E-state index in [2.05, 4.69) is 9.97 Å². The minimum absolute atomic E-state index is 0.251. The van der Waals surface area contributed by atoms with Gasteiger partial charge in [-0.1, -0.05) is 0 Å². The molecule has 2 heterocycles. The number of nitrogens with two attached hydrogens (primary N) is 1. The van der Waals surface area contributed by atoms with E-state index >= 15 is 0 Å². The van der Waals surface area contributed by atoms with Crippen LogP contribution in [0.1, 0.15) is 5.56 Å². The Morgan fingerprint density at radius 3 is 2.62 bits per heavy atom. The van der Waals surface area contributed by atoms with Crippen LogP contribution in [0.25, 0.3) is 0 Å². The fraction of sp³-hybridized carbons (Fsp3) is 0.500. The molecule has 0 unspecified atom stereocenters. The minimum atomic E-state index is -4.56. The number of nitrogen functional groups attached to an aromatic ring is 1. The van der Waals surface area contributed by atoms with Gasteiger partial charge in [-0.25, -0.2) is 4.98 Å². The van der Waals surface area contributed by atoms with Crippen LogP contribution < -0.4 is 10.5 Å². The van der Waals surface area contributed by atoms with Crippen molar-refractivity contribution in [2.75, 3.05) is 18.9 Å². The van der Waals surface area contributed by atoms with Crippen molar-refractivity contribution in [1.82, 2.24) is 9.97 Å². The van der Waals surface area contributed by atoms with Crippen molar-refractivity contribution in [3.05, 3.63) is 11.8 Å². The molecule has 2 rings (SSSR count). The van der Waals surface area contributed by atoms with E-state index in [0.717, 1.165) is 0 Å². The van der Waals surface area contributed by atoms with Crippen LogP contribution in [-0.2, 0) is 10.9 Å². The van der Waals surface area contributed by atoms with Gasteiger partial charge in [0.1, 0.15) is 11.7 Å². The molecule has 0 aliphatic carbocycles. The Kier molecular flexibility index (Phi) is 2.58. The van der Waals surface area contributed by atoms with Crippen molar-refractivity contribution >= 4 is 5.95 Å². The molecule has 1 saturated heterocycles. The van der Waals surface area contributed by atoms with Gasteiger partial charge in [0.05, 0.1) is 13.2 Å². The third kappa shape index (κ3) is 2.16. The molecule has 2 N–H and O–H groups in total. The molecule has 1 aliphatic heterocycles. The van der Waals surface area contributed by atoms with Gasteiger partial charge in [0.2, 0.25) is 11.8 Å². The van der Waals surface area contributed by atoms with Crippen LogP contribution in [0.15, 0.2) is 6.20 Å². The zero-order chi connectivity index (χ0) is 11.8. The Bertz CT molecular complexity index is 393. The SMILES string of the molecule is Nc1ncc(C(F)(F)F)c(OC2COC2)n1. The van der Waals surface area contributed by atoms with Crippen LogP contribution in [0.3, 0.4) is 0 Å². The Balaban J connectivity index is 2.28. The molecule has 5 nitrogen and oxygen atoms in total. The fourth-order valence-corrected chi connectivity index (χ4v) is 1.10. The van der Waals surface area contributed by atoms with Crippen LogP contribution in [0.4, 0.5) is 19.1 Å². The summed E-state index contributed by atoms with van der Waals surface area (Å²) >= 11 is 0. The minimum Gasteiger partial charge on any atom is -0.469 e. The molecule has 1 aromatic rings. The molecule has 1 aliphatic rings. The highest BCUT2D eigenvalue weighted by molar-refractivity contribution is 5.32. The van der Waals surface area contributed by atoms with Gasteiger partial charge >= 0.3 is 6.18 Å². The number of aromatic nitrogens is 2. The maximum atomic E-state index is 12.5. The van der Waals surface area contributed by atoms with E-state index in [9.17, 15) is 13.2 Å². The first-order chi connectivity index (χ1) is 7.47. The summed E-state index contributed by atoms with van der Waals surface area (Å²) in [5, 5.41) is 0. The Morgan fingerprint density at radius 1 is 1.44 bits per heavy atom. The number of halogens is 3. The molecule has 0 saturated carbocycles. The van der Waals surface area contributed by atoms with E-state index in [1.54, 1.807) is 0 Å². The van der Waals surface area contributed by atoms with Crippen molar-refractivity contribution < 1.29 is 22.6 Å². The quantitative estimate of drug-likeness (QED) is 0.823. The van der Waals surface area contributed by atoms with Gasteiger partial charge < -0.3 is 15.2 Å². The van der Waals surface area contributed by atoms with Crippen LogP contribution in [0.5, 0.6) is 5.88 Å². The van der Waals surface area contributed by atoms with E-state index in [1.807, 2.05) is 0 Å². The average molecular weight is 235 g/mol. The molecule has 0 radical (unpaired) electrons. The van der Waals surface area contributed by atoms with Gasteiger partial charge in [0.15, 0.2) is 0 Å². The summed E-state index contributed by atoms with van der Waals surface area (Å²) < 4.78 is 47.4. The van der Waals surface area contributed by atoms with Crippen molar-refractivity contribution in [1.29, 1.82) is 0 Å². The number of alkyl halides is 3. The number of hydrogen-bond donors (Lipinski definition) is 1.